The summed E-state index contributed by atoms with van der Waals surface area (Å²) in [6.45, 7) is 0. The number of halogens is 1. The molecule has 0 spiro atoms. The minimum atomic E-state index is -0.585. The summed E-state index contributed by atoms with van der Waals surface area (Å²) in [5, 5.41) is 13.7. The number of hydrogen-bond donors (Lipinski definition) is 1. The minimum Gasteiger partial charge on any atom is -0.496 e. The van der Waals surface area contributed by atoms with E-state index in [1.165, 1.54) is 29.5 Å². The molecule has 7 heteroatoms. The molecule has 1 N–H and O–H groups in total. The van der Waals surface area contributed by atoms with Crippen molar-refractivity contribution in [3.8, 4) is 23.1 Å². The SMILES string of the molecule is COc1ccc(-c2csc(NC(=O)c3ccccc3F)n2)cc1CC#N. The fourth-order valence-electron chi connectivity index (χ4n) is 2.43. The second-order valence-electron chi connectivity index (χ2n) is 5.33. The van der Waals surface area contributed by atoms with Crippen molar-refractivity contribution < 1.29 is 13.9 Å². The first-order valence-electron chi connectivity index (χ1n) is 7.68. The first-order valence-corrected chi connectivity index (χ1v) is 8.56. The standard InChI is InChI=1S/C19H14FN3O2S/c1-25-17-7-6-12(10-13(17)8-9-21)16-11-26-19(22-16)23-18(24)14-4-2-3-5-15(14)20/h2-7,10-11H,8H2,1H3,(H,22,23,24). The molecule has 0 saturated carbocycles. The third kappa shape index (κ3) is 3.71. The van der Waals surface area contributed by atoms with Crippen LogP contribution in [0.4, 0.5) is 9.52 Å². The van der Waals surface area contributed by atoms with Crippen molar-refractivity contribution in [2.24, 2.45) is 0 Å². The lowest BCUT2D eigenvalue weighted by Crippen LogP contribution is -2.13. The topological polar surface area (TPSA) is 75.0 Å². The summed E-state index contributed by atoms with van der Waals surface area (Å²) < 4.78 is 18.9. The number of nitriles is 1. The molecule has 0 aliphatic carbocycles. The van der Waals surface area contributed by atoms with Crippen LogP contribution in [0.3, 0.4) is 0 Å². The summed E-state index contributed by atoms with van der Waals surface area (Å²) in [4.78, 5) is 16.5. The lowest BCUT2D eigenvalue weighted by Gasteiger charge is -2.07. The number of nitrogens with one attached hydrogen (secondary N) is 1. The zero-order valence-corrected chi connectivity index (χ0v) is 14.6. The van der Waals surface area contributed by atoms with E-state index in [0.29, 0.717) is 16.6 Å². The Morgan fingerprint density at radius 1 is 1.35 bits per heavy atom. The van der Waals surface area contributed by atoms with Gasteiger partial charge in [0.2, 0.25) is 0 Å². The quantitative estimate of drug-likeness (QED) is 0.730. The molecule has 3 aromatic rings. The molecule has 0 fully saturated rings. The van der Waals surface area contributed by atoms with E-state index in [2.05, 4.69) is 16.4 Å². The van der Waals surface area contributed by atoms with Crippen molar-refractivity contribution in [2.75, 3.05) is 12.4 Å². The van der Waals surface area contributed by atoms with Gasteiger partial charge in [0.05, 0.1) is 30.9 Å². The molecule has 0 radical (unpaired) electrons. The Kier molecular flexibility index (Phi) is 5.25. The van der Waals surface area contributed by atoms with Gasteiger partial charge in [-0.25, -0.2) is 9.37 Å². The smallest absolute Gasteiger partial charge is 0.260 e. The Hall–Kier alpha value is -3.24. The van der Waals surface area contributed by atoms with Crippen molar-refractivity contribution in [1.82, 2.24) is 4.98 Å². The third-order valence-electron chi connectivity index (χ3n) is 3.69. The Labute approximate surface area is 153 Å². The number of rotatable bonds is 5. The van der Waals surface area contributed by atoms with Crippen LogP contribution >= 0.6 is 11.3 Å². The average Bonchev–Trinajstić information content (AvgIpc) is 3.10. The number of thiazole rings is 1. The van der Waals surface area contributed by atoms with E-state index in [4.69, 9.17) is 10.00 Å². The van der Waals surface area contributed by atoms with Crippen molar-refractivity contribution in [3.63, 3.8) is 0 Å². The van der Waals surface area contributed by atoms with Crippen LogP contribution in [-0.2, 0) is 6.42 Å². The lowest BCUT2D eigenvalue weighted by molar-refractivity contribution is 0.102. The molecule has 0 bridgehead atoms. The highest BCUT2D eigenvalue weighted by atomic mass is 32.1. The summed E-state index contributed by atoms with van der Waals surface area (Å²) in [6, 6.07) is 13.3. The maximum Gasteiger partial charge on any atom is 0.260 e. The molecular formula is C19H14FN3O2S. The van der Waals surface area contributed by atoms with Crippen LogP contribution in [0.25, 0.3) is 11.3 Å². The van der Waals surface area contributed by atoms with Gasteiger partial charge < -0.3 is 4.74 Å². The van der Waals surface area contributed by atoms with Crippen molar-refractivity contribution in [3.05, 3.63) is 64.8 Å². The molecular weight excluding hydrogens is 353 g/mol. The first kappa shape index (κ1) is 17.6. The molecule has 3 rings (SSSR count). The summed E-state index contributed by atoms with van der Waals surface area (Å²) in [5.41, 5.74) is 2.18. The van der Waals surface area contributed by atoms with Crippen LogP contribution in [0.1, 0.15) is 15.9 Å². The molecule has 1 amide bonds. The van der Waals surface area contributed by atoms with E-state index >= 15 is 0 Å². The Morgan fingerprint density at radius 2 is 2.15 bits per heavy atom. The van der Waals surface area contributed by atoms with Crippen molar-refractivity contribution >= 4 is 22.4 Å². The number of anilines is 1. The number of methoxy groups -OCH3 is 1. The molecule has 1 aromatic heterocycles. The molecule has 0 saturated heterocycles. The molecule has 0 atom stereocenters. The highest BCUT2D eigenvalue weighted by molar-refractivity contribution is 7.14. The number of ether oxygens (including phenoxy) is 1. The van der Waals surface area contributed by atoms with E-state index in [-0.39, 0.29) is 12.0 Å². The largest absolute Gasteiger partial charge is 0.496 e. The van der Waals surface area contributed by atoms with Gasteiger partial charge in [-0.1, -0.05) is 12.1 Å². The number of hydrogen-bond acceptors (Lipinski definition) is 5. The maximum absolute atomic E-state index is 13.7. The predicted molar refractivity (Wildman–Crippen MR) is 97.8 cm³/mol. The second kappa shape index (κ2) is 7.76. The highest BCUT2D eigenvalue weighted by Crippen LogP contribution is 2.29. The van der Waals surface area contributed by atoms with Gasteiger partial charge in [0.25, 0.3) is 5.91 Å². The van der Waals surface area contributed by atoms with Gasteiger partial charge >= 0.3 is 0 Å². The van der Waals surface area contributed by atoms with E-state index in [1.807, 2.05) is 12.1 Å². The first-order chi connectivity index (χ1) is 12.6. The van der Waals surface area contributed by atoms with E-state index < -0.39 is 11.7 Å². The molecule has 0 aliphatic rings. The maximum atomic E-state index is 13.7. The Bertz CT molecular complexity index is 994. The molecule has 5 nitrogen and oxygen atoms in total. The summed E-state index contributed by atoms with van der Waals surface area (Å²) in [5.74, 6) is -0.499. The zero-order chi connectivity index (χ0) is 18.5. The van der Waals surface area contributed by atoms with Gasteiger partial charge in [-0.3, -0.25) is 10.1 Å². The van der Waals surface area contributed by atoms with E-state index in [0.717, 1.165) is 11.1 Å². The van der Waals surface area contributed by atoms with Gasteiger partial charge in [0.15, 0.2) is 5.13 Å². The zero-order valence-electron chi connectivity index (χ0n) is 13.8. The molecule has 0 aliphatic heterocycles. The van der Waals surface area contributed by atoms with Gasteiger partial charge in [-0.15, -0.1) is 11.3 Å². The van der Waals surface area contributed by atoms with Gasteiger partial charge in [-0.2, -0.15) is 5.26 Å². The van der Waals surface area contributed by atoms with Crippen LogP contribution < -0.4 is 10.1 Å². The number of benzene rings is 2. The summed E-state index contributed by atoms with van der Waals surface area (Å²) in [7, 11) is 1.55. The molecule has 130 valence electrons. The monoisotopic (exact) mass is 367 g/mol. The second-order valence-corrected chi connectivity index (χ2v) is 6.19. The van der Waals surface area contributed by atoms with Crippen LogP contribution in [0.5, 0.6) is 5.75 Å². The molecule has 26 heavy (non-hydrogen) atoms. The Morgan fingerprint density at radius 3 is 2.88 bits per heavy atom. The fourth-order valence-corrected chi connectivity index (χ4v) is 3.15. The molecule has 1 heterocycles. The van der Waals surface area contributed by atoms with Gasteiger partial charge in [0.1, 0.15) is 11.6 Å². The molecule has 0 unspecified atom stereocenters. The molecule has 2 aromatic carbocycles. The normalized spacial score (nSPS) is 10.2. The third-order valence-corrected chi connectivity index (χ3v) is 4.45. The van der Waals surface area contributed by atoms with Crippen molar-refractivity contribution in [1.29, 1.82) is 5.26 Å². The van der Waals surface area contributed by atoms with Gasteiger partial charge in [-0.05, 0) is 30.3 Å². The Balaban J connectivity index is 1.82. The summed E-state index contributed by atoms with van der Waals surface area (Å²) >= 11 is 1.24. The number of carbonyl (C=O) groups excluding carboxylic acids is 1. The van der Waals surface area contributed by atoms with Crippen LogP contribution in [-0.4, -0.2) is 18.0 Å². The van der Waals surface area contributed by atoms with Crippen LogP contribution in [0, 0.1) is 17.1 Å². The number of nitrogens with zero attached hydrogens (tertiary/aromatic N) is 2. The predicted octanol–water partition coefficient (Wildman–Crippen LogP) is 4.28. The van der Waals surface area contributed by atoms with Crippen LogP contribution in [0.2, 0.25) is 0 Å². The number of amides is 1. The average molecular weight is 367 g/mol. The number of aromatic nitrogens is 1. The van der Waals surface area contributed by atoms with E-state index in [9.17, 15) is 9.18 Å². The fraction of sp³-hybridized carbons (Fsp3) is 0.105. The lowest BCUT2D eigenvalue weighted by atomic mass is 10.1. The van der Waals surface area contributed by atoms with Crippen molar-refractivity contribution in [2.45, 2.75) is 6.42 Å². The summed E-state index contributed by atoms with van der Waals surface area (Å²) in [6.07, 6.45) is 0.220. The van der Waals surface area contributed by atoms with Gasteiger partial charge in [0, 0.05) is 16.5 Å². The van der Waals surface area contributed by atoms with E-state index in [1.54, 1.807) is 24.6 Å². The van der Waals surface area contributed by atoms with Crippen LogP contribution in [0.15, 0.2) is 47.8 Å². The highest BCUT2D eigenvalue weighted by Gasteiger charge is 2.14. The number of carbonyl (C=O) groups is 1. The minimum absolute atomic E-state index is 0.0370.